The lowest BCUT2D eigenvalue weighted by molar-refractivity contribution is -0.182. The highest BCUT2D eigenvalue weighted by Gasteiger charge is 2.41. The summed E-state index contributed by atoms with van der Waals surface area (Å²) in [6, 6.07) is 3.93. The van der Waals surface area contributed by atoms with Gasteiger partial charge in [0.25, 0.3) is 0 Å². The minimum absolute atomic E-state index is 0.109. The standard InChI is InChI=1S/C20H27F3N2O2/c1-19(2,3)27-18(26)25-11-15(12-25)14-6-9-17(24-10-14)13-4-7-16(8-5-13)20(21,22)23/h6,9-10,13,15-16H,4-5,7-8,11-12H2,1-3H3. The molecule has 1 aromatic heterocycles. The second-order valence-electron chi connectivity index (χ2n) is 8.69. The van der Waals surface area contributed by atoms with Gasteiger partial charge in [-0.3, -0.25) is 4.98 Å². The fourth-order valence-corrected chi connectivity index (χ4v) is 3.78. The summed E-state index contributed by atoms with van der Waals surface area (Å²) in [5.74, 6) is -0.820. The minimum Gasteiger partial charge on any atom is -0.444 e. The quantitative estimate of drug-likeness (QED) is 0.699. The fraction of sp³-hybridized carbons (Fsp3) is 0.700. The molecule has 0 N–H and O–H groups in total. The summed E-state index contributed by atoms with van der Waals surface area (Å²) < 4.78 is 43.7. The molecule has 0 atom stereocenters. The summed E-state index contributed by atoms with van der Waals surface area (Å²) in [7, 11) is 0. The van der Waals surface area contributed by atoms with Gasteiger partial charge < -0.3 is 9.64 Å². The molecule has 3 rings (SSSR count). The molecule has 0 unspecified atom stereocenters. The molecule has 7 heteroatoms. The lowest BCUT2D eigenvalue weighted by atomic mass is 9.80. The van der Waals surface area contributed by atoms with Crippen LogP contribution in [0.3, 0.4) is 0 Å². The zero-order valence-electron chi connectivity index (χ0n) is 16.1. The van der Waals surface area contributed by atoms with Gasteiger partial charge in [0.2, 0.25) is 0 Å². The van der Waals surface area contributed by atoms with Gasteiger partial charge in [0.05, 0.1) is 5.92 Å². The molecule has 0 spiro atoms. The Labute approximate surface area is 158 Å². The molecule has 2 fully saturated rings. The van der Waals surface area contributed by atoms with E-state index in [4.69, 9.17) is 4.74 Å². The van der Waals surface area contributed by atoms with Crippen molar-refractivity contribution >= 4 is 6.09 Å². The van der Waals surface area contributed by atoms with Crippen molar-refractivity contribution in [1.29, 1.82) is 0 Å². The highest BCUT2D eigenvalue weighted by Crippen LogP contribution is 2.42. The molecule has 2 heterocycles. The molecule has 0 radical (unpaired) electrons. The van der Waals surface area contributed by atoms with Crippen molar-refractivity contribution in [2.45, 2.75) is 70.1 Å². The zero-order valence-corrected chi connectivity index (χ0v) is 16.1. The molecule has 1 saturated heterocycles. The molecular weight excluding hydrogens is 357 g/mol. The number of likely N-dealkylation sites (tertiary alicyclic amines) is 1. The number of alkyl halides is 3. The average Bonchev–Trinajstić information content (AvgIpc) is 2.52. The molecule has 1 aromatic rings. The van der Waals surface area contributed by atoms with Crippen molar-refractivity contribution in [2.75, 3.05) is 13.1 Å². The van der Waals surface area contributed by atoms with Gasteiger partial charge in [0.15, 0.2) is 0 Å². The summed E-state index contributed by atoms with van der Waals surface area (Å²) in [4.78, 5) is 18.2. The largest absolute Gasteiger partial charge is 0.444 e. The molecule has 1 aliphatic heterocycles. The van der Waals surface area contributed by atoms with Crippen LogP contribution in [0.15, 0.2) is 18.3 Å². The van der Waals surface area contributed by atoms with Crippen molar-refractivity contribution in [1.82, 2.24) is 9.88 Å². The van der Waals surface area contributed by atoms with E-state index < -0.39 is 17.7 Å². The van der Waals surface area contributed by atoms with Crippen molar-refractivity contribution < 1.29 is 22.7 Å². The highest BCUT2D eigenvalue weighted by atomic mass is 19.4. The van der Waals surface area contributed by atoms with Crippen molar-refractivity contribution in [2.24, 2.45) is 5.92 Å². The third-order valence-corrected chi connectivity index (χ3v) is 5.42. The Balaban J connectivity index is 1.50. The van der Waals surface area contributed by atoms with Crippen LogP contribution in [0.1, 0.15) is 69.5 Å². The Hall–Kier alpha value is -1.79. The molecule has 2 aliphatic rings. The van der Waals surface area contributed by atoms with Gasteiger partial charge in [-0.2, -0.15) is 13.2 Å². The molecule has 1 saturated carbocycles. The van der Waals surface area contributed by atoms with Gasteiger partial charge in [-0.25, -0.2) is 4.79 Å². The third-order valence-electron chi connectivity index (χ3n) is 5.42. The molecule has 4 nitrogen and oxygen atoms in total. The van der Waals surface area contributed by atoms with Crippen LogP contribution in [0, 0.1) is 5.92 Å². The van der Waals surface area contributed by atoms with Crippen LogP contribution in [0.4, 0.5) is 18.0 Å². The number of hydrogen-bond donors (Lipinski definition) is 0. The molecular formula is C20H27F3N2O2. The normalized spacial score (nSPS) is 24.4. The van der Waals surface area contributed by atoms with E-state index in [1.807, 2.05) is 39.1 Å². The Morgan fingerprint density at radius 2 is 1.70 bits per heavy atom. The first-order valence-electron chi connectivity index (χ1n) is 9.53. The van der Waals surface area contributed by atoms with E-state index >= 15 is 0 Å². The molecule has 1 amide bonds. The van der Waals surface area contributed by atoms with E-state index in [0.29, 0.717) is 25.9 Å². The van der Waals surface area contributed by atoms with E-state index in [2.05, 4.69) is 4.98 Å². The Morgan fingerprint density at radius 1 is 1.07 bits per heavy atom. The number of carbonyl (C=O) groups excluding carboxylic acids is 1. The monoisotopic (exact) mass is 384 g/mol. The Bertz CT molecular complexity index is 653. The molecule has 0 bridgehead atoms. The fourth-order valence-electron chi connectivity index (χ4n) is 3.78. The Morgan fingerprint density at radius 3 is 2.19 bits per heavy atom. The number of nitrogens with zero attached hydrogens (tertiary/aromatic N) is 2. The van der Waals surface area contributed by atoms with Gasteiger partial charge in [0.1, 0.15) is 5.60 Å². The summed E-state index contributed by atoms with van der Waals surface area (Å²) >= 11 is 0. The van der Waals surface area contributed by atoms with E-state index in [0.717, 1.165) is 11.3 Å². The summed E-state index contributed by atoms with van der Waals surface area (Å²) in [6.07, 6.45) is -1.13. The first-order chi connectivity index (χ1) is 12.5. The van der Waals surface area contributed by atoms with Crippen LogP contribution in [-0.4, -0.2) is 40.8 Å². The van der Waals surface area contributed by atoms with Crippen LogP contribution >= 0.6 is 0 Å². The van der Waals surface area contributed by atoms with Crippen molar-refractivity contribution in [3.63, 3.8) is 0 Å². The van der Waals surface area contributed by atoms with Gasteiger partial charge in [-0.1, -0.05) is 6.07 Å². The van der Waals surface area contributed by atoms with Crippen molar-refractivity contribution in [3.8, 4) is 0 Å². The second-order valence-corrected chi connectivity index (χ2v) is 8.69. The number of amides is 1. The van der Waals surface area contributed by atoms with E-state index in [-0.39, 0.29) is 30.8 Å². The molecule has 150 valence electrons. The number of rotatable bonds is 2. The predicted octanol–water partition coefficient (Wildman–Crippen LogP) is 5.25. The number of pyridine rings is 1. The van der Waals surface area contributed by atoms with Crippen LogP contribution in [0.5, 0.6) is 0 Å². The summed E-state index contributed by atoms with van der Waals surface area (Å²) in [5, 5.41) is 0. The van der Waals surface area contributed by atoms with Crippen molar-refractivity contribution in [3.05, 3.63) is 29.6 Å². The number of hydrogen-bond acceptors (Lipinski definition) is 3. The zero-order chi connectivity index (χ0) is 19.8. The summed E-state index contributed by atoms with van der Waals surface area (Å²) in [6.45, 7) is 6.73. The maximum Gasteiger partial charge on any atom is 0.410 e. The smallest absolute Gasteiger partial charge is 0.410 e. The number of carbonyl (C=O) groups is 1. The molecule has 0 aromatic carbocycles. The summed E-state index contributed by atoms with van der Waals surface area (Å²) in [5.41, 5.74) is 1.43. The molecule has 27 heavy (non-hydrogen) atoms. The maximum atomic E-state index is 12.8. The van der Waals surface area contributed by atoms with Crippen LogP contribution in [0.25, 0.3) is 0 Å². The van der Waals surface area contributed by atoms with E-state index in [9.17, 15) is 18.0 Å². The molecule has 1 aliphatic carbocycles. The van der Waals surface area contributed by atoms with E-state index in [1.54, 1.807) is 4.90 Å². The maximum absolute atomic E-state index is 12.8. The highest BCUT2D eigenvalue weighted by molar-refractivity contribution is 5.69. The van der Waals surface area contributed by atoms with Crippen LogP contribution in [-0.2, 0) is 4.74 Å². The van der Waals surface area contributed by atoms with Gasteiger partial charge in [-0.15, -0.1) is 0 Å². The van der Waals surface area contributed by atoms with Gasteiger partial charge in [0, 0.05) is 36.8 Å². The lowest BCUT2D eigenvalue weighted by Gasteiger charge is -2.40. The number of halogens is 3. The number of aromatic nitrogens is 1. The van der Waals surface area contributed by atoms with Crippen LogP contribution < -0.4 is 0 Å². The Kier molecular flexibility index (Phi) is 5.41. The van der Waals surface area contributed by atoms with Gasteiger partial charge >= 0.3 is 12.3 Å². The predicted molar refractivity (Wildman–Crippen MR) is 95.5 cm³/mol. The second kappa shape index (κ2) is 7.32. The minimum atomic E-state index is -4.08. The first kappa shape index (κ1) is 20.0. The SMILES string of the molecule is CC(C)(C)OC(=O)N1CC(c2ccc(C3CCC(C(F)(F)F)CC3)nc2)C1. The third kappa shape index (κ3) is 4.93. The van der Waals surface area contributed by atoms with Gasteiger partial charge in [-0.05, 0) is 58.1 Å². The van der Waals surface area contributed by atoms with Crippen LogP contribution in [0.2, 0.25) is 0 Å². The topological polar surface area (TPSA) is 42.4 Å². The number of ether oxygens (including phenoxy) is 1. The first-order valence-corrected chi connectivity index (χ1v) is 9.53. The van der Waals surface area contributed by atoms with E-state index in [1.165, 1.54) is 0 Å². The lowest BCUT2D eigenvalue weighted by Crippen LogP contribution is -2.50. The average molecular weight is 384 g/mol.